The van der Waals surface area contributed by atoms with E-state index >= 15 is 0 Å². The Bertz CT molecular complexity index is 765. The molecule has 0 saturated carbocycles. The summed E-state index contributed by atoms with van der Waals surface area (Å²) in [5, 5.41) is 5.58. The van der Waals surface area contributed by atoms with E-state index in [0.717, 1.165) is 0 Å². The average Bonchev–Trinajstić information content (AvgIpc) is 2.61. The van der Waals surface area contributed by atoms with E-state index < -0.39 is 0 Å². The first-order valence-electron chi connectivity index (χ1n) is 8.03. The molecule has 0 aliphatic rings. The van der Waals surface area contributed by atoms with Crippen molar-refractivity contribution >= 4 is 35.6 Å². The van der Waals surface area contributed by atoms with Crippen molar-refractivity contribution in [3.05, 3.63) is 54.1 Å². The van der Waals surface area contributed by atoms with Crippen LogP contribution in [0.5, 0.6) is 5.75 Å². The number of ether oxygens (including phenoxy) is 1. The Hall–Kier alpha value is -2.57. The molecule has 2 amide bonds. The van der Waals surface area contributed by atoms with Gasteiger partial charge in [0.1, 0.15) is 5.75 Å². The van der Waals surface area contributed by atoms with Crippen LogP contribution >= 0.6 is 12.4 Å². The van der Waals surface area contributed by atoms with Gasteiger partial charge in [-0.05, 0) is 31.2 Å². The molecule has 2 aromatic rings. The predicted octanol–water partition coefficient (Wildman–Crippen LogP) is 3.29. The number of hydrogen-bond acceptors (Lipinski definition) is 4. The summed E-state index contributed by atoms with van der Waals surface area (Å²) in [6, 6.07) is 13.6. The number of amides is 2. The lowest BCUT2D eigenvalue weighted by molar-refractivity contribution is -0.119. The standard InChI is InChI=1S/C19H23N3O3.ClH/c1-12(13(2)20)18(23)22-17-10-5-4-9-16(17)19(24)21-14-7-6-8-15(11-14)25-3;/h4-13H,20H2,1-3H3,(H,21,24)(H,22,23);1H. The zero-order valence-electron chi connectivity index (χ0n) is 15.0. The van der Waals surface area contributed by atoms with Crippen molar-refractivity contribution in [3.8, 4) is 5.75 Å². The Morgan fingerprint density at radius 1 is 1.04 bits per heavy atom. The second-order valence-corrected chi connectivity index (χ2v) is 5.87. The molecule has 0 heterocycles. The summed E-state index contributed by atoms with van der Waals surface area (Å²) < 4.78 is 5.15. The van der Waals surface area contributed by atoms with Gasteiger partial charge in [-0.3, -0.25) is 9.59 Å². The molecule has 2 atom stereocenters. The number of carbonyl (C=O) groups excluding carboxylic acids is 2. The molecule has 0 aromatic heterocycles. The van der Waals surface area contributed by atoms with Gasteiger partial charge in [0.05, 0.1) is 24.3 Å². The largest absolute Gasteiger partial charge is 0.497 e. The third kappa shape index (κ3) is 5.47. The maximum absolute atomic E-state index is 12.6. The fraction of sp³-hybridized carbons (Fsp3) is 0.263. The van der Waals surface area contributed by atoms with Crippen LogP contribution in [0.3, 0.4) is 0 Å². The van der Waals surface area contributed by atoms with Crippen LogP contribution in [-0.2, 0) is 4.79 Å². The van der Waals surface area contributed by atoms with Crippen molar-refractivity contribution in [1.82, 2.24) is 0 Å². The van der Waals surface area contributed by atoms with E-state index in [1.807, 2.05) is 0 Å². The van der Waals surface area contributed by atoms with Crippen molar-refractivity contribution in [3.63, 3.8) is 0 Å². The maximum atomic E-state index is 12.6. The highest BCUT2D eigenvalue weighted by atomic mass is 35.5. The van der Waals surface area contributed by atoms with E-state index in [9.17, 15) is 9.59 Å². The fourth-order valence-corrected chi connectivity index (χ4v) is 2.17. The Morgan fingerprint density at radius 2 is 1.73 bits per heavy atom. The van der Waals surface area contributed by atoms with Crippen LogP contribution < -0.4 is 21.1 Å². The summed E-state index contributed by atoms with van der Waals surface area (Å²) in [6.45, 7) is 3.52. The predicted molar refractivity (Wildman–Crippen MR) is 106 cm³/mol. The second kappa shape index (κ2) is 9.79. The zero-order chi connectivity index (χ0) is 18.4. The molecule has 6 nitrogen and oxygen atoms in total. The van der Waals surface area contributed by atoms with Crippen molar-refractivity contribution in [2.24, 2.45) is 11.7 Å². The number of benzene rings is 2. The minimum atomic E-state index is -0.366. The molecule has 0 fully saturated rings. The molecule has 0 spiro atoms. The summed E-state index contributed by atoms with van der Waals surface area (Å²) in [6.07, 6.45) is 0. The van der Waals surface area contributed by atoms with Crippen LogP contribution in [-0.4, -0.2) is 25.0 Å². The lowest BCUT2D eigenvalue weighted by atomic mass is 10.0. The molecule has 0 aliphatic heterocycles. The highest BCUT2D eigenvalue weighted by Crippen LogP contribution is 2.21. The molecule has 2 rings (SSSR count). The van der Waals surface area contributed by atoms with E-state index in [-0.39, 0.29) is 36.2 Å². The highest BCUT2D eigenvalue weighted by molar-refractivity contribution is 6.10. The first-order valence-corrected chi connectivity index (χ1v) is 8.03. The van der Waals surface area contributed by atoms with E-state index in [0.29, 0.717) is 22.7 Å². The van der Waals surface area contributed by atoms with Gasteiger partial charge >= 0.3 is 0 Å². The lowest BCUT2D eigenvalue weighted by Gasteiger charge is -2.17. The molecular formula is C19H24ClN3O3. The molecular weight excluding hydrogens is 354 g/mol. The van der Waals surface area contributed by atoms with Gasteiger partial charge in [-0.25, -0.2) is 0 Å². The van der Waals surface area contributed by atoms with Crippen LogP contribution in [0, 0.1) is 5.92 Å². The van der Waals surface area contributed by atoms with Gasteiger partial charge in [-0.15, -0.1) is 12.4 Å². The Morgan fingerprint density at radius 3 is 2.38 bits per heavy atom. The van der Waals surface area contributed by atoms with Crippen molar-refractivity contribution in [2.75, 3.05) is 17.7 Å². The van der Waals surface area contributed by atoms with Gasteiger partial charge in [-0.2, -0.15) is 0 Å². The second-order valence-electron chi connectivity index (χ2n) is 5.87. The van der Waals surface area contributed by atoms with E-state index in [4.69, 9.17) is 10.5 Å². The van der Waals surface area contributed by atoms with Crippen LogP contribution in [0.1, 0.15) is 24.2 Å². The number of nitrogens with one attached hydrogen (secondary N) is 2. The summed E-state index contributed by atoms with van der Waals surface area (Å²) in [4.78, 5) is 24.8. The molecule has 26 heavy (non-hydrogen) atoms. The molecule has 140 valence electrons. The molecule has 0 bridgehead atoms. The quantitative estimate of drug-likeness (QED) is 0.720. The molecule has 0 saturated heterocycles. The number of nitrogens with two attached hydrogens (primary N) is 1. The average molecular weight is 378 g/mol. The monoisotopic (exact) mass is 377 g/mol. The third-order valence-electron chi connectivity index (χ3n) is 3.96. The van der Waals surface area contributed by atoms with E-state index in [2.05, 4.69) is 10.6 Å². The van der Waals surface area contributed by atoms with Gasteiger partial charge in [0.25, 0.3) is 5.91 Å². The van der Waals surface area contributed by atoms with Gasteiger partial charge < -0.3 is 21.1 Å². The molecule has 7 heteroatoms. The zero-order valence-corrected chi connectivity index (χ0v) is 15.8. The first kappa shape index (κ1) is 21.5. The third-order valence-corrected chi connectivity index (χ3v) is 3.96. The number of methoxy groups -OCH3 is 1. The molecule has 2 aromatic carbocycles. The number of anilines is 2. The SMILES string of the molecule is COc1cccc(NC(=O)c2ccccc2NC(=O)C(C)C(C)N)c1.Cl. The van der Waals surface area contributed by atoms with Crippen LogP contribution in [0.4, 0.5) is 11.4 Å². The van der Waals surface area contributed by atoms with Crippen molar-refractivity contribution < 1.29 is 14.3 Å². The Kier molecular flexibility index (Phi) is 8.09. The highest BCUT2D eigenvalue weighted by Gasteiger charge is 2.19. The van der Waals surface area contributed by atoms with Gasteiger partial charge in [-0.1, -0.05) is 25.1 Å². The maximum Gasteiger partial charge on any atom is 0.257 e. The normalized spacial score (nSPS) is 12.3. The number of rotatable bonds is 6. The van der Waals surface area contributed by atoms with Crippen molar-refractivity contribution in [2.45, 2.75) is 19.9 Å². The smallest absolute Gasteiger partial charge is 0.257 e. The number of hydrogen-bond donors (Lipinski definition) is 3. The van der Waals surface area contributed by atoms with Crippen LogP contribution in [0.25, 0.3) is 0 Å². The van der Waals surface area contributed by atoms with E-state index in [1.165, 1.54) is 0 Å². The summed E-state index contributed by atoms with van der Waals surface area (Å²) in [5.74, 6) is -0.270. The topological polar surface area (TPSA) is 93.5 Å². The number of halogens is 1. The minimum Gasteiger partial charge on any atom is -0.497 e. The molecule has 4 N–H and O–H groups in total. The summed E-state index contributed by atoms with van der Waals surface area (Å²) in [7, 11) is 1.56. The Balaban J connectivity index is 0.00000338. The Labute approximate surface area is 159 Å². The summed E-state index contributed by atoms with van der Waals surface area (Å²) >= 11 is 0. The number of para-hydroxylation sites is 1. The molecule has 0 radical (unpaired) electrons. The van der Waals surface area contributed by atoms with Gasteiger partial charge in [0.15, 0.2) is 0 Å². The molecule has 0 aliphatic carbocycles. The van der Waals surface area contributed by atoms with E-state index in [1.54, 1.807) is 69.5 Å². The minimum absolute atomic E-state index is 0. The fourth-order valence-electron chi connectivity index (χ4n) is 2.17. The number of carbonyl (C=O) groups is 2. The van der Waals surface area contributed by atoms with Crippen molar-refractivity contribution in [1.29, 1.82) is 0 Å². The first-order chi connectivity index (χ1) is 11.9. The lowest BCUT2D eigenvalue weighted by Crippen LogP contribution is -2.34. The summed E-state index contributed by atoms with van der Waals surface area (Å²) in [5.41, 5.74) is 7.19. The van der Waals surface area contributed by atoms with Gasteiger partial charge in [0.2, 0.25) is 5.91 Å². The van der Waals surface area contributed by atoms with Crippen LogP contribution in [0.15, 0.2) is 48.5 Å². The molecule has 2 unspecified atom stereocenters. The van der Waals surface area contributed by atoms with Crippen LogP contribution in [0.2, 0.25) is 0 Å². The van der Waals surface area contributed by atoms with Gasteiger partial charge in [0, 0.05) is 17.8 Å².